The van der Waals surface area contributed by atoms with E-state index in [2.05, 4.69) is 15.9 Å². The second-order valence-corrected chi connectivity index (χ2v) is 5.86. The maximum Gasteiger partial charge on any atom is 0.261 e. The molecule has 2 amide bonds. The Morgan fingerprint density at radius 3 is 2.30 bits per heavy atom. The average molecular weight is 351 g/mol. The largest absolute Gasteiger partial charge is 0.270 e. The Morgan fingerprint density at radius 1 is 0.950 bits per heavy atom. The van der Waals surface area contributed by atoms with Crippen LogP contribution < -0.4 is 0 Å². The maximum atomic E-state index is 12.3. The molecule has 0 unspecified atom stereocenters. The topological polar surface area (TPSA) is 37.4 Å². The zero-order valence-corrected chi connectivity index (χ0v) is 12.6. The van der Waals surface area contributed by atoms with Gasteiger partial charge in [-0.3, -0.25) is 14.5 Å². The third kappa shape index (κ3) is 2.25. The molecule has 0 spiro atoms. The van der Waals surface area contributed by atoms with Crippen LogP contribution in [-0.4, -0.2) is 16.7 Å². The Hall–Kier alpha value is -1.65. The zero-order chi connectivity index (χ0) is 14.3. The van der Waals surface area contributed by atoms with Crippen molar-refractivity contribution in [3.63, 3.8) is 0 Å². The van der Waals surface area contributed by atoms with E-state index in [0.29, 0.717) is 16.1 Å². The molecule has 0 saturated carbocycles. The molecule has 0 fully saturated rings. The van der Waals surface area contributed by atoms with Gasteiger partial charge in [0.25, 0.3) is 11.8 Å². The van der Waals surface area contributed by atoms with E-state index in [4.69, 9.17) is 11.6 Å². The van der Waals surface area contributed by atoms with E-state index in [0.717, 1.165) is 10.0 Å². The summed E-state index contributed by atoms with van der Waals surface area (Å²) in [7, 11) is 0. The van der Waals surface area contributed by atoms with Gasteiger partial charge in [0.05, 0.1) is 17.7 Å². The van der Waals surface area contributed by atoms with Crippen LogP contribution in [-0.2, 0) is 6.54 Å². The van der Waals surface area contributed by atoms with Gasteiger partial charge in [0.15, 0.2) is 0 Å². The number of rotatable bonds is 2. The second kappa shape index (κ2) is 5.04. The molecule has 20 heavy (non-hydrogen) atoms. The summed E-state index contributed by atoms with van der Waals surface area (Å²) in [5.41, 5.74) is 1.69. The van der Waals surface area contributed by atoms with Gasteiger partial charge in [0.2, 0.25) is 0 Å². The van der Waals surface area contributed by atoms with Crippen LogP contribution >= 0.6 is 27.5 Å². The lowest BCUT2D eigenvalue weighted by atomic mass is 10.1. The molecule has 1 heterocycles. The second-order valence-electron chi connectivity index (χ2n) is 4.51. The highest BCUT2D eigenvalue weighted by Crippen LogP contribution is 2.27. The summed E-state index contributed by atoms with van der Waals surface area (Å²) in [5.74, 6) is -0.569. The highest BCUT2D eigenvalue weighted by molar-refractivity contribution is 9.10. The van der Waals surface area contributed by atoms with Crippen molar-refractivity contribution >= 4 is 39.3 Å². The van der Waals surface area contributed by atoms with Gasteiger partial charge in [-0.05, 0) is 35.9 Å². The lowest BCUT2D eigenvalue weighted by molar-refractivity contribution is 0.0642. The van der Waals surface area contributed by atoms with Crippen LogP contribution in [0.2, 0.25) is 5.02 Å². The van der Waals surface area contributed by atoms with Crippen molar-refractivity contribution in [3.05, 3.63) is 68.7 Å². The number of imide groups is 1. The summed E-state index contributed by atoms with van der Waals surface area (Å²) in [6, 6.07) is 12.3. The molecule has 5 heteroatoms. The number of nitrogens with zero attached hydrogens (tertiary/aromatic N) is 1. The molecule has 0 aromatic heterocycles. The van der Waals surface area contributed by atoms with Gasteiger partial charge < -0.3 is 0 Å². The minimum atomic E-state index is -0.296. The number of hydrogen-bond donors (Lipinski definition) is 0. The van der Waals surface area contributed by atoms with Gasteiger partial charge in [-0.15, -0.1) is 0 Å². The van der Waals surface area contributed by atoms with Crippen molar-refractivity contribution in [1.82, 2.24) is 4.90 Å². The Labute approximate surface area is 129 Å². The van der Waals surface area contributed by atoms with E-state index in [-0.39, 0.29) is 18.4 Å². The van der Waals surface area contributed by atoms with E-state index < -0.39 is 0 Å². The third-order valence-corrected chi connectivity index (χ3v) is 3.95. The predicted octanol–water partition coefficient (Wildman–Crippen LogP) is 3.90. The van der Waals surface area contributed by atoms with Crippen molar-refractivity contribution in [3.8, 4) is 0 Å². The third-order valence-electron chi connectivity index (χ3n) is 3.19. The van der Waals surface area contributed by atoms with E-state index >= 15 is 0 Å². The molecule has 3 rings (SSSR count). The fourth-order valence-corrected chi connectivity index (χ4v) is 2.62. The van der Waals surface area contributed by atoms with Gasteiger partial charge in [-0.1, -0.05) is 39.7 Å². The van der Waals surface area contributed by atoms with Crippen LogP contribution in [0.15, 0.2) is 46.9 Å². The van der Waals surface area contributed by atoms with Gasteiger partial charge in [0, 0.05) is 9.50 Å². The summed E-state index contributed by atoms with van der Waals surface area (Å²) in [6.45, 7) is 0.261. The lowest BCUT2D eigenvalue weighted by Gasteiger charge is -2.13. The van der Waals surface area contributed by atoms with Crippen LogP contribution in [0.1, 0.15) is 26.3 Å². The van der Waals surface area contributed by atoms with Crippen LogP contribution in [0.3, 0.4) is 0 Å². The predicted molar refractivity (Wildman–Crippen MR) is 79.8 cm³/mol. The fraction of sp³-hybridized carbons (Fsp3) is 0.0667. The smallest absolute Gasteiger partial charge is 0.261 e. The summed E-state index contributed by atoms with van der Waals surface area (Å²) in [5, 5.41) is 0.454. The Balaban J connectivity index is 1.91. The van der Waals surface area contributed by atoms with Crippen molar-refractivity contribution < 1.29 is 9.59 Å². The van der Waals surface area contributed by atoms with E-state index in [1.54, 1.807) is 18.2 Å². The molecule has 1 aliphatic rings. The van der Waals surface area contributed by atoms with Crippen molar-refractivity contribution in [2.45, 2.75) is 6.54 Å². The van der Waals surface area contributed by atoms with Gasteiger partial charge in [-0.2, -0.15) is 0 Å². The number of hydrogen-bond acceptors (Lipinski definition) is 2. The first kappa shape index (κ1) is 13.3. The molecule has 0 atom stereocenters. The Bertz CT molecular complexity index is 712. The molecular weight excluding hydrogens is 342 g/mol. The van der Waals surface area contributed by atoms with Crippen molar-refractivity contribution in [1.29, 1.82) is 0 Å². The number of fused-ring (bicyclic) bond motifs is 1. The minimum Gasteiger partial charge on any atom is -0.270 e. The summed E-state index contributed by atoms with van der Waals surface area (Å²) in [6.07, 6.45) is 0. The summed E-state index contributed by atoms with van der Waals surface area (Å²) in [4.78, 5) is 25.8. The molecule has 2 aromatic rings. The first-order valence-electron chi connectivity index (χ1n) is 5.96. The number of amides is 2. The molecule has 2 aromatic carbocycles. The summed E-state index contributed by atoms with van der Waals surface area (Å²) < 4.78 is 0.954. The molecule has 100 valence electrons. The average Bonchev–Trinajstić information content (AvgIpc) is 2.66. The lowest BCUT2D eigenvalue weighted by Crippen LogP contribution is -2.29. The minimum absolute atomic E-state index is 0.261. The zero-order valence-electron chi connectivity index (χ0n) is 10.3. The van der Waals surface area contributed by atoms with Gasteiger partial charge in [-0.25, -0.2) is 0 Å². The standard InChI is InChI=1S/C15H9BrClNO2/c16-10-3-1-9(2-4-10)8-18-14(19)12-6-5-11(17)7-13(12)15(18)20/h1-7H,8H2. The molecule has 0 saturated heterocycles. The highest BCUT2D eigenvalue weighted by atomic mass is 79.9. The van der Waals surface area contributed by atoms with Crippen LogP contribution in [0.4, 0.5) is 0 Å². The van der Waals surface area contributed by atoms with Crippen molar-refractivity contribution in [2.24, 2.45) is 0 Å². The molecule has 0 aliphatic carbocycles. The normalized spacial score (nSPS) is 13.8. The van der Waals surface area contributed by atoms with Gasteiger partial charge >= 0.3 is 0 Å². The molecule has 3 nitrogen and oxygen atoms in total. The maximum absolute atomic E-state index is 12.3. The summed E-state index contributed by atoms with van der Waals surface area (Å²) >= 11 is 9.23. The van der Waals surface area contributed by atoms with E-state index in [1.807, 2.05) is 24.3 Å². The number of benzene rings is 2. The van der Waals surface area contributed by atoms with Crippen molar-refractivity contribution in [2.75, 3.05) is 0 Å². The van der Waals surface area contributed by atoms with Crippen LogP contribution in [0.5, 0.6) is 0 Å². The number of carbonyl (C=O) groups excluding carboxylic acids is 2. The molecule has 0 N–H and O–H groups in total. The monoisotopic (exact) mass is 349 g/mol. The first-order chi connectivity index (χ1) is 9.56. The van der Waals surface area contributed by atoms with Crippen LogP contribution in [0.25, 0.3) is 0 Å². The Morgan fingerprint density at radius 2 is 1.60 bits per heavy atom. The SMILES string of the molecule is O=C1c2ccc(Cl)cc2C(=O)N1Cc1ccc(Br)cc1. The highest BCUT2D eigenvalue weighted by Gasteiger charge is 2.35. The molecule has 1 aliphatic heterocycles. The molecular formula is C15H9BrClNO2. The molecule has 0 radical (unpaired) electrons. The quantitative estimate of drug-likeness (QED) is 0.770. The fourth-order valence-electron chi connectivity index (χ4n) is 2.18. The Kier molecular flexibility index (Phi) is 3.36. The first-order valence-corrected chi connectivity index (χ1v) is 7.13. The van der Waals surface area contributed by atoms with Crippen LogP contribution in [0, 0.1) is 0 Å². The van der Waals surface area contributed by atoms with Gasteiger partial charge in [0.1, 0.15) is 0 Å². The van der Waals surface area contributed by atoms with E-state index in [9.17, 15) is 9.59 Å². The number of halogens is 2. The number of carbonyl (C=O) groups is 2. The molecule has 0 bridgehead atoms. The van der Waals surface area contributed by atoms with E-state index in [1.165, 1.54) is 4.90 Å².